The topological polar surface area (TPSA) is 26.3 Å². The van der Waals surface area contributed by atoms with E-state index in [4.69, 9.17) is 4.74 Å². The minimum atomic E-state index is 0.0482. The van der Waals surface area contributed by atoms with E-state index in [0.717, 1.165) is 18.4 Å². The van der Waals surface area contributed by atoms with Gasteiger partial charge in [0.25, 0.3) is 0 Å². The lowest BCUT2D eigenvalue weighted by atomic mass is 9.91. The standard InChI is InChI=1S/C14H18O2/c1-3-11-5-4-6-12(9-11)14(15)13-7-8-16-10(13)2/h4-6,9-10,13H,3,7-8H2,1-2H3. The van der Waals surface area contributed by atoms with Crippen LogP contribution < -0.4 is 0 Å². The summed E-state index contributed by atoms with van der Waals surface area (Å²) in [5.41, 5.74) is 2.05. The van der Waals surface area contributed by atoms with Crippen LogP contribution in [-0.4, -0.2) is 18.5 Å². The molecule has 2 nitrogen and oxygen atoms in total. The number of rotatable bonds is 3. The highest BCUT2D eigenvalue weighted by atomic mass is 16.5. The van der Waals surface area contributed by atoms with Gasteiger partial charge in [0.2, 0.25) is 0 Å². The highest BCUT2D eigenvalue weighted by Crippen LogP contribution is 2.24. The molecule has 16 heavy (non-hydrogen) atoms. The average Bonchev–Trinajstić information content (AvgIpc) is 2.74. The van der Waals surface area contributed by atoms with Crippen molar-refractivity contribution in [3.63, 3.8) is 0 Å². The summed E-state index contributed by atoms with van der Waals surface area (Å²) in [7, 11) is 0. The molecule has 0 bridgehead atoms. The van der Waals surface area contributed by atoms with Crippen LogP contribution >= 0.6 is 0 Å². The van der Waals surface area contributed by atoms with E-state index < -0.39 is 0 Å². The highest BCUT2D eigenvalue weighted by molar-refractivity contribution is 5.98. The van der Waals surface area contributed by atoms with Crippen LogP contribution in [0.4, 0.5) is 0 Å². The van der Waals surface area contributed by atoms with E-state index in [-0.39, 0.29) is 17.8 Å². The van der Waals surface area contributed by atoms with Gasteiger partial charge in [0, 0.05) is 12.2 Å². The van der Waals surface area contributed by atoms with Gasteiger partial charge in [0.1, 0.15) is 0 Å². The first-order valence-corrected chi connectivity index (χ1v) is 5.97. The van der Waals surface area contributed by atoms with E-state index >= 15 is 0 Å². The van der Waals surface area contributed by atoms with Gasteiger partial charge in [0.05, 0.1) is 12.0 Å². The fourth-order valence-electron chi connectivity index (χ4n) is 2.23. The van der Waals surface area contributed by atoms with Crippen LogP contribution in [0.3, 0.4) is 0 Å². The van der Waals surface area contributed by atoms with Crippen molar-refractivity contribution in [3.05, 3.63) is 35.4 Å². The summed E-state index contributed by atoms with van der Waals surface area (Å²) in [5, 5.41) is 0. The van der Waals surface area contributed by atoms with Crippen LogP contribution in [0.5, 0.6) is 0 Å². The number of carbonyl (C=O) groups excluding carboxylic acids is 1. The van der Waals surface area contributed by atoms with Crippen molar-refractivity contribution in [1.29, 1.82) is 0 Å². The molecule has 1 fully saturated rings. The Labute approximate surface area is 96.6 Å². The van der Waals surface area contributed by atoms with Crippen molar-refractivity contribution in [1.82, 2.24) is 0 Å². The number of Topliss-reactive ketones (excluding diaryl/α,β-unsaturated/α-hetero) is 1. The van der Waals surface area contributed by atoms with E-state index in [2.05, 4.69) is 13.0 Å². The lowest BCUT2D eigenvalue weighted by molar-refractivity contribution is 0.0764. The Kier molecular flexibility index (Phi) is 3.39. The quantitative estimate of drug-likeness (QED) is 0.729. The van der Waals surface area contributed by atoms with Gasteiger partial charge in [-0.1, -0.05) is 25.1 Å². The van der Waals surface area contributed by atoms with Gasteiger partial charge < -0.3 is 4.74 Å². The molecular formula is C14H18O2. The molecular weight excluding hydrogens is 200 g/mol. The summed E-state index contributed by atoms with van der Waals surface area (Å²) >= 11 is 0. The van der Waals surface area contributed by atoms with Gasteiger partial charge in [-0.3, -0.25) is 4.79 Å². The van der Waals surface area contributed by atoms with Crippen LogP contribution in [0.25, 0.3) is 0 Å². The largest absolute Gasteiger partial charge is 0.378 e. The molecule has 1 aromatic carbocycles. The van der Waals surface area contributed by atoms with Gasteiger partial charge in [-0.05, 0) is 31.4 Å². The molecule has 0 N–H and O–H groups in total. The number of ketones is 1. The fraction of sp³-hybridized carbons (Fsp3) is 0.500. The minimum absolute atomic E-state index is 0.0482. The third-order valence-corrected chi connectivity index (χ3v) is 3.33. The maximum absolute atomic E-state index is 12.2. The summed E-state index contributed by atoms with van der Waals surface area (Å²) < 4.78 is 5.44. The molecule has 0 spiro atoms. The van der Waals surface area contributed by atoms with Crippen LogP contribution in [0.1, 0.15) is 36.2 Å². The van der Waals surface area contributed by atoms with Crippen molar-refractivity contribution >= 4 is 5.78 Å². The molecule has 2 rings (SSSR count). The third-order valence-electron chi connectivity index (χ3n) is 3.33. The van der Waals surface area contributed by atoms with Crippen LogP contribution in [0.2, 0.25) is 0 Å². The molecule has 1 aromatic rings. The molecule has 1 heterocycles. The maximum Gasteiger partial charge on any atom is 0.168 e. The van der Waals surface area contributed by atoms with Gasteiger partial charge >= 0.3 is 0 Å². The van der Waals surface area contributed by atoms with Crippen molar-refractivity contribution in [3.8, 4) is 0 Å². The molecule has 2 atom stereocenters. The zero-order chi connectivity index (χ0) is 11.5. The number of hydrogen-bond donors (Lipinski definition) is 0. The Balaban J connectivity index is 2.19. The first-order valence-electron chi connectivity index (χ1n) is 5.97. The Morgan fingerprint density at radius 1 is 1.50 bits per heavy atom. The number of carbonyl (C=O) groups is 1. The molecule has 0 aromatic heterocycles. The van der Waals surface area contributed by atoms with Gasteiger partial charge in [0.15, 0.2) is 5.78 Å². The smallest absolute Gasteiger partial charge is 0.168 e. The van der Waals surface area contributed by atoms with Crippen molar-refractivity contribution in [2.24, 2.45) is 5.92 Å². The molecule has 86 valence electrons. The van der Waals surface area contributed by atoms with Gasteiger partial charge in [-0.25, -0.2) is 0 Å². The second-order valence-corrected chi connectivity index (χ2v) is 4.39. The maximum atomic E-state index is 12.2. The predicted molar refractivity (Wildman–Crippen MR) is 63.7 cm³/mol. The lowest BCUT2D eigenvalue weighted by Crippen LogP contribution is -2.21. The molecule has 0 radical (unpaired) electrons. The Morgan fingerprint density at radius 3 is 2.94 bits per heavy atom. The Hall–Kier alpha value is -1.15. The Morgan fingerprint density at radius 2 is 2.31 bits per heavy atom. The summed E-state index contributed by atoms with van der Waals surface area (Å²) in [4.78, 5) is 12.2. The summed E-state index contributed by atoms with van der Waals surface area (Å²) in [5.74, 6) is 0.285. The van der Waals surface area contributed by atoms with Crippen LogP contribution in [0.15, 0.2) is 24.3 Å². The molecule has 0 amide bonds. The first-order chi connectivity index (χ1) is 7.72. The van der Waals surface area contributed by atoms with E-state index in [1.165, 1.54) is 5.56 Å². The monoisotopic (exact) mass is 218 g/mol. The molecule has 2 heteroatoms. The number of aryl methyl sites for hydroxylation is 1. The molecule has 2 unspecified atom stereocenters. The van der Waals surface area contributed by atoms with E-state index in [1.54, 1.807) is 0 Å². The number of benzene rings is 1. The SMILES string of the molecule is CCc1cccc(C(=O)C2CCOC2C)c1. The van der Waals surface area contributed by atoms with Crippen molar-refractivity contribution < 1.29 is 9.53 Å². The minimum Gasteiger partial charge on any atom is -0.378 e. The summed E-state index contributed by atoms with van der Waals surface area (Å²) in [6.45, 7) is 4.80. The summed E-state index contributed by atoms with van der Waals surface area (Å²) in [6, 6.07) is 7.94. The van der Waals surface area contributed by atoms with E-state index in [0.29, 0.717) is 6.61 Å². The second kappa shape index (κ2) is 4.79. The van der Waals surface area contributed by atoms with Crippen molar-refractivity contribution in [2.75, 3.05) is 6.61 Å². The third kappa shape index (κ3) is 2.17. The zero-order valence-electron chi connectivity index (χ0n) is 9.90. The average molecular weight is 218 g/mol. The normalized spacial score (nSPS) is 24.6. The zero-order valence-corrected chi connectivity index (χ0v) is 9.90. The van der Waals surface area contributed by atoms with Crippen LogP contribution in [-0.2, 0) is 11.2 Å². The Bertz CT molecular complexity index is 384. The molecule has 1 saturated heterocycles. The van der Waals surface area contributed by atoms with E-state index in [1.807, 2.05) is 25.1 Å². The lowest BCUT2D eigenvalue weighted by Gasteiger charge is -2.13. The summed E-state index contributed by atoms with van der Waals surface area (Å²) in [6.07, 6.45) is 1.89. The van der Waals surface area contributed by atoms with Gasteiger partial charge in [-0.2, -0.15) is 0 Å². The number of hydrogen-bond acceptors (Lipinski definition) is 2. The second-order valence-electron chi connectivity index (χ2n) is 4.39. The van der Waals surface area contributed by atoms with Gasteiger partial charge in [-0.15, -0.1) is 0 Å². The molecule has 1 aliphatic rings. The number of ether oxygens (including phenoxy) is 1. The molecule has 1 aliphatic heterocycles. The first kappa shape index (κ1) is 11.3. The molecule has 0 aliphatic carbocycles. The predicted octanol–water partition coefficient (Wildman–Crippen LogP) is 2.86. The highest BCUT2D eigenvalue weighted by Gasteiger charge is 2.31. The molecule has 0 saturated carbocycles. The van der Waals surface area contributed by atoms with E-state index in [9.17, 15) is 4.79 Å². The fourth-order valence-corrected chi connectivity index (χ4v) is 2.23. The van der Waals surface area contributed by atoms with Crippen molar-refractivity contribution in [2.45, 2.75) is 32.8 Å². The van der Waals surface area contributed by atoms with Crippen LogP contribution in [0, 0.1) is 5.92 Å².